The molecule has 0 aliphatic rings. The van der Waals surface area contributed by atoms with Crippen LogP contribution in [0.2, 0.25) is 0 Å². The van der Waals surface area contributed by atoms with Gasteiger partial charge < -0.3 is 0 Å². The van der Waals surface area contributed by atoms with Crippen molar-refractivity contribution in [3.63, 3.8) is 0 Å². The van der Waals surface area contributed by atoms with E-state index >= 15 is 0 Å². The van der Waals surface area contributed by atoms with Gasteiger partial charge in [-0.15, -0.1) is 0 Å². The molecule has 0 unspecified atom stereocenters. The number of hydrogen-bond acceptors (Lipinski definition) is 2. The summed E-state index contributed by atoms with van der Waals surface area (Å²) in [6, 6.07) is 0. The number of hydrogen-bond donors (Lipinski definition) is 0. The first-order chi connectivity index (χ1) is 4.54. The number of alkyl halides is 3. The van der Waals surface area contributed by atoms with E-state index in [-0.39, 0.29) is 0 Å². The first-order valence-corrected chi connectivity index (χ1v) is 2.47. The zero-order valence-corrected chi connectivity index (χ0v) is 5.02. The highest BCUT2D eigenvalue weighted by Gasteiger charge is 2.36. The van der Waals surface area contributed by atoms with Crippen molar-refractivity contribution in [3.05, 3.63) is 10.1 Å². The van der Waals surface area contributed by atoms with Gasteiger partial charge in [-0.05, 0) is 0 Å². The SMILES string of the molecule is O=[N+]([O-])CC(F)(CF)CF. The normalized spacial score (nSPS) is 11.5. The van der Waals surface area contributed by atoms with Crippen molar-refractivity contribution in [2.45, 2.75) is 5.67 Å². The molecule has 0 rings (SSSR count). The van der Waals surface area contributed by atoms with E-state index in [1.165, 1.54) is 0 Å². The van der Waals surface area contributed by atoms with E-state index in [0.29, 0.717) is 0 Å². The summed E-state index contributed by atoms with van der Waals surface area (Å²) < 4.78 is 35.3. The molecule has 0 aromatic rings. The molecule has 0 fully saturated rings. The Morgan fingerprint density at radius 1 is 1.40 bits per heavy atom. The molecular weight excluding hydrogens is 151 g/mol. The molecule has 0 aliphatic heterocycles. The van der Waals surface area contributed by atoms with Gasteiger partial charge in [0.25, 0.3) is 0 Å². The molecule has 0 atom stereocenters. The highest BCUT2D eigenvalue weighted by Crippen LogP contribution is 2.12. The van der Waals surface area contributed by atoms with Crippen molar-refractivity contribution in [2.24, 2.45) is 0 Å². The standard InChI is InChI=1S/C4H6F3NO2/c5-1-4(7,2-6)3-8(9)10/h1-3H2. The summed E-state index contributed by atoms with van der Waals surface area (Å²) in [5.41, 5.74) is -2.93. The Bertz CT molecular complexity index is 126. The lowest BCUT2D eigenvalue weighted by Crippen LogP contribution is -2.36. The molecule has 0 saturated carbocycles. The topological polar surface area (TPSA) is 43.1 Å². The molecular formula is C4H6F3NO2. The fraction of sp³-hybridized carbons (Fsp3) is 1.00. The van der Waals surface area contributed by atoms with Crippen LogP contribution in [0.3, 0.4) is 0 Å². The summed E-state index contributed by atoms with van der Waals surface area (Å²) in [6.07, 6.45) is 0. The van der Waals surface area contributed by atoms with E-state index in [2.05, 4.69) is 0 Å². The van der Waals surface area contributed by atoms with E-state index in [1.54, 1.807) is 0 Å². The van der Waals surface area contributed by atoms with Crippen molar-refractivity contribution in [3.8, 4) is 0 Å². The molecule has 6 heteroatoms. The second-order valence-electron chi connectivity index (χ2n) is 1.91. The summed E-state index contributed by atoms with van der Waals surface area (Å²) in [4.78, 5) is 8.48. The first kappa shape index (κ1) is 9.19. The zero-order valence-electron chi connectivity index (χ0n) is 5.02. The van der Waals surface area contributed by atoms with Gasteiger partial charge in [-0.1, -0.05) is 0 Å². The van der Waals surface area contributed by atoms with Gasteiger partial charge in [-0.2, -0.15) is 0 Å². The smallest absolute Gasteiger partial charge is 0.242 e. The third kappa shape index (κ3) is 2.65. The maximum absolute atomic E-state index is 12.3. The van der Waals surface area contributed by atoms with Crippen LogP contribution in [0.15, 0.2) is 0 Å². The minimum Gasteiger partial charge on any atom is -0.264 e. The van der Waals surface area contributed by atoms with E-state index in [4.69, 9.17) is 0 Å². The number of nitro groups is 1. The molecule has 0 aliphatic carbocycles. The van der Waals surface area contributed by atoms with Gasteiger partial charge in [-0.25, -0.2) is 13.2 Å². The van der Waals surface area contributed by atoms with Crippen molar-refractivity contribution < 1.29 is 18.1 Å². The largest absolute Gasteiger partial charge is 0.264 e. The van der Waals surface area contributed by atoms with Crippen molar-refractivity contribution in [1.82, 2.24) is 0 Å². The predicted molar refractivity (Wildman–Crippen MR) is 27.7 cm³/mol. The lowest BCUT2D eigenvalue weighted by atomic mass is 10.1. The lowest BCUT2D eigenvalue weighted by Gasteiger charge is -2.11. The van der Waals surface area contributed by atoms with Crippen LogP contribution in [-0.2, 0) is 0 Å². The number of nitrogens with zero attached hydrogens (tertiary/aromatic N) is 1. The summed E-state index contributed by atoms with van der Waals surface area (Å²) in [6.45, 7) is -4.64. The van der Waals surface area contributed by atoms with Crippen molar-refractivity contribution in [2.75, 3.05) is 19.9 Å². The summed E-state index contributed by atoms with van der Waals surface area (Å²) in [5, 5.41) is 9.56. The molecule has 3 nitrogen and oxygen atoms in total. The fourth-order valence-electron chi connectivity index (χ4n) is 0.352. The molecule has 0 bridgehead atoms. The molecule has 60 valence electrons. The second kappa shape index (κ2) is 3.38. The third-order valence-electron chi connectivity index (χ3n) is 0.891. The van der Waals surface area contributed by atoms with Crippen LogP contribution in [-0.4, -0.2) is 30.5 Å². The Morgan fingerprint density at radius 2 is 1.80 bits per heavy atom. The molecule has 0 radical (unpaired) electrons. The highest BCUT2D eigenvalue weighted by molar-refractivity contribution is 4.75. The van der Waals surface area contributed by atoms with Crippen molar-refractivity contribution in [1.29, 1.82) is 0 Å². The van der Waals surface area contributed by atoms with Crippen LogP contribution in [0.25, 0.3) is 0 Å². The van der Waals surface area contributed by atoms with Gasteiger partial charge in [0.1, 0.15) is 13.3 Å². The second-order valence-corrected chi connectivity index (χ2v) is 1.91. The van der Waals surface area contributed by atoms with E-state index in [9.17, 15) is 23.3 Å². The quantitative estimate of drug-likeness (QED) is 0.449. The number of rotatable bonds is 4. The maximum atomic E-state index is 12.3. The first-order valence-electron chi connectivity index (χ1n) is 2.47. The van der Waals surface area contributed by atoms with Crippen molar-refractivity contribution >= 4 is 0 Å². The van der Waals surface area contributed by atoms with E-state index < -0.39 is 30.5 Å². The molecule has 0 heterocycles. The average Bonchev–Trinajstić information content (AvgIpc) is 1.87. The van der Waals surface area contributed by atoms with Crippen LogP contribution in [0, 0.1) is 10.1 Å². The van der Waals surface area contributed by atoms with Gasteiger partial charge in [-0.3, -0.25) is 10.1 Å². The van der Waals surface area contributed by atoms with E-state index in [1.807, 2.05) is 0 Å². The fourth-order valence-corrected chi connectivity index (χ4v) is 0.352. The van der Waals surface area contributed by atoms with Crippen LogP contribution in [0.5, 0.6) is 0 Å². The van der Waals surface area contributed by atoms with Crippen LogP contribution < -0.4 is 0 Å². The minimum atomic E-state index is -2.93. The summed E-state index contributed by atoms with van der Waals surface area (Å²) in [7, 11) is 0. The molecule has 0 N–H and O–H groups in total. The molecule has 10 heavy (non-hydrogen) atoms. The molecule has 0 amide bonds. The Kier molecular flexibility index (Phi) is 3.11. The van der Waals surface area contributed by atoms with Gasteiger partial charge in [0.2, 0.25) is 12.2 Å². The Labute approximate surface area is 55.0 Å². The zero-order chi connectivity index (χ0) is 8.20. The molecule has 0 aromatic carbocycles. The van der Waals surface area contributed by atoms with Gasteiger partial charge in [0, 0.05) is 4.92 Å². The molecule has 0 saturated heterocycles. The minimum absolute atomic E-state index is 1.08. The molecule has 0 aromatic heterocycles. The summed E-state index contributed by atoms with van der Waals surface area (Å²) >= 11 is 0. The third-order valence-corrected chi connectivity index (χ3v) is 0.891. The van der Waals surface area contributed by atoms with Gasteiger partial charge >= 0.3 is 0 Å². The Morgan fingerprint density at radius 3 is 1.90 bits per heavy atom. The van der Waals surface area contributed by atoms with Crippen LogP contribution in [0.1, 0.15) is 0 Å². The predicted octanol–water partition coefficient (Wildman–Crippen LogP) is 0.910. The van der Waals surface area contributed by atoms with Gasteiger partial charge in [0.15, 0.2) is 0 Å². The van der Waals surface area contributed by atoms with Crippen LogP contribution in [0.4, 0.5) is 13.2 Å². The number of halogens is 3. The van der Waals surface area contributed by atoms with Gasteiger partial charge in [0.05, 0.1) is 0 Å². The maximum Gasteiger partial charge on any atom is 0.242 e. The Hall–Kier alpha value is -0.810. The van der Waals surface area contributed by atoms with Crippen LogP contribution >= 0.6 is 0 Å². The monoisotopic (exact) mass is 157 g/mol. The lowest BCUT2D eigenvalue weighted by molar-refractivity contribution is -0.497. The van der Waals surface area contributed by atoms with E-state index in [0.717, 1.165) is 0 Å². The highest BCUT2D eigenvalue weighted by atomic mass is 19.2. The average molecular weight is 157 g/mol. The Balaban J connectivity index is 3.92. The molecule has 0 spiro atoms. The summed E-state index contributed by atoms with van der Waals surface area (Å²) in [5.74, 6) is 0.